The number of hydrogen-bond acceptors (Lipinski definition) is 3. The van der Waals surface area contributed by atoms with Gasteiger partial charge in [-0.1, -0.05) is 159 Å². The van der Waals surface area contributed by atoms with Crippen molar-refractivity contribution in [2.24, 2.45) is 0 Å². The summed E-state index contributed by atoms with van der Waals surface area (Å²) in [6.07, 6.45) is 6.98. The molecule has 0 saturated carbocycles. The zero-order valence-electron chi connectivity index (χ0n) is 34.2. The van der Waals surface area contributed by atoms with Crippen LogP contribution < -0.4 is 9.80 Å². The molecule has 0 amide bonds. The van der Waals surface area contributed by atoms with Crippen molar-refractivity contribution in [2.45, 2.75) is 41.9 Å². The van der Waals surface area contributed by atoms with Crippen molar-refractivity contribution in [1.29, 1.82) is 0 Å². The van der Waals surface area contributed by atoms with Gasteiger partial charge in [0.25, 0.3) is 0 Å². The van der Waals surface area contributed by atoms with E-state index in [1.807, 2.05) is 11.8 Å². The summed E-state index contributed by atoms with van der Waals surface area (Å²) in [6, 6.07) is 63.9. The fraction of sp³-hybridized carbons (Fsp3) is 0.103. The maximum atomic E-state index is 2.52. The monoisotopic (exact) mass is 798 g/mol. The van der Waals surface area contributed by atoms with Gasteiger partial charge in [-0.05, 0) is 138 Å². The highest BCUT2D eigenvalue weighted by Gasteiger charge is 2.36. The number of hydrogen-bond donors (Lipinski definition) is 0. The van der Waals surface area contributed by atoms with Gasteiger partial charge in [-0.25, -0.2) is 0 Å². The largest absolute Gasteiger partial charge is 0.341 e. The second-order valence-corrected chi connectivity index (χ2v) is 18.6. The van der Waals surface area contributed by atoms with Crippen LogP contribution in [-0.2, 0) is 11.8 Å². The number of aryl methyl sites for hydroxylation is 1. The molecule has 2 heterocycles. The highest BCUT2D eigenvalue weighted by molar-refractivity contribution is 7.99. The van der Waals surface area contributed by atoms with Gasteiger partial charge in [0.2, 0.25) is 0 Å². The van der Waals surface area contributed by atoms with E-state index >= 15 is 0 Å². The smallest absolute Gasteiger partial charge is 0.0601 e. The van der Waals surface area contributed by atoms with Gasteiger partial charge in [0.1, 0.15) is 0 Å². The molecular formula is C58H42N2S. The van der Waals surface area contributed by atoms with Crippen LogP contribution in [0.3, 0.4) is 0 Å². The maximum absolute atomic E-state index is 2.52. The average Bonchev–Trinajstić information content (AvgIpc) is 3.53. The Labute approximate surface area is 360 Å². The first-order valence-corrected chi connectivity index (χ1v) is 22.4. The Morgan fingerprint density at radius 3 is 1.87 bits per heavy atom. The first kappa shape index (κ1) is 35.0. The van der Waals surface area contributed by atoms with Gasteiger partial charge in [-0.2, -0.15) is 0 Å². The molecule has 2 nitrogen and oxygen atoms in total. The van der Waals surface area contributed by atoms with Crippen LogP contribution in [0.4, 0.5) is 28.4 Å². The Bertz CT molecular complexity index is 3420. The maximum Gasteiger partial charge on any atom is 0.0601 e. The summed E-state index contributed by atoms with van der Waals surface area (Å²) in [5.74, 6) is 0. The molecule has 290 valence electrons. The van der Waals surface area contributed by atoms with Crippen molar-refractivity contribution >= 4 is 95.4 Å². The highest BCUT2D eigenvalue weighted by Crippen LogP contribution is 2.54. The predicted molar refractivity (Wildman–Crippen MR) is 261 cm³/mol. The number of benzene rings is 10. The number of anilines is 5. The highest BCUT2D eigenvalue weighted by atomic mass is 32.2. The van der Waals surface area contributed by atoms with E-state index in [1.54, 1.807) is 0 Å². The average molecular weight is 799 g/mol. The van der Waals surface area contributed by atoms with Crippen LogP contribution in [0.1, 0.15) is 48.1 Å². The molecule has 3 heteroatoms. The third-order valence-electron chi connectivity index (χ3n) is 13.9. The fourth-order valence-corrected chi connectivity index (χ4v) is 12.1. The zero-order valence-corrected chi connectivity index (χ0v) is 35.1. The van der Waals surface area contributed by atoms with E-state index < -0.39 is 0 Å². The normalized spacial score (nSPS) is 15.1. The fourth-order valence-electron chi connectivity index (χ4n) is 11.0. The molecule has 0 N–H and O–H groups in total. The molecule has 10 aromatic carbocycles. The minimum absolute atomic E-state index is 0.103. The lowest BCUT2D eigenvalue weighted by Crippen LogP contribution is -2.25. The molecule has 61 heavy (non-hydrogen) atoms. The standard InChI is InChI=1S/C58H42N2S/c1-58(2)48-34-36(24-28-41(48)42-30-27-39(35-49(42)58)59-33-11-13-38-12-3-4-18-50(38)59)23-25-37-26-29-45-44-16-10-17-47-51(32-31-46(57(44)47)43-15-9-14-40(37)56(43)45)60-52-19-5-7-21-54(52)61-55-22-8-6-20-53(55)60/h3-10,12,14-32,34-35H,11,13,33H2,1-2H3. The lowest BCUT2D eigenvalue weighted by atomic mass is 9.81. The molecule has 0 saturated heterocycles. The van der Waals surface area contributed by atoms with Crippen LogP contribution in [0.5, 0.6) is 0 Å². The van der Waals surface area contributed by atoms with Crippen LogP contribution in [0.15, 0.2) is 180 Å². The Hall–Kier alpha value is -6.81. The van der Waals surface area contributed by atoms with E-state index in [-0.39, 0.29) is 5.41 Å². The Kier molecular flexibility index (Phi) is 7.51. The van der Waals surface area contributed by atoms with Crippen LogP contribution >= 0.6 is 11.8 Å². The summed E-state index contributed by atoms with van der Waals surface area (Å²) in [4.78, 5) is 7.55. The van der Waals surface area contributed by atoms with Gasteiger partial charge in [-0.3, -0.25) is 0 Å². The second kappa shape index (κ2) is 13.1. The van der Waals surface area contributed by atoms with Gasteiger partial charge in [0.15, 0.2) is 0 Å². The summed E-state index contributed by atoms with van der Waals surface area (Å²) in [5, 5.41) is 10.4. The van der Waals surface area contributed by atoms with Crippen molar-refractivity contribution in [3.63, 3.8) is 0 Å². The number of fused-ring (bicyclic) bond motifs is 8. The number of rotatable bonds is 4. The molecule has 0 unspecified atom stereocenters. The van der Waals surface area contributed by atoms with Crippen LogP contribution in [-0.4, -0.2) is 6.54 Å². The molecular weight excluding hydrogens is 757 g/mol. The third kappa shape index (κ3) is 5.11. The molecule has 0 radical (unpaired) electrons. The lowest BCUT2D eigenvalue weighted by molar-refractivity contribution is 0.659. The number of nitrogens with zero attached hydrogens (tertiary/aromatic N) is 2. The first-order valence-electron chi connectivity index (χ1n) is 21.6. The third-order valence-corrected chi connectivity index (χ3v) is 15.0. The van der Waals surface area contributed by atoms with Gasteiger partial charge in [-0.15, -0.1) is 0 Å². The quantitative estimate of drug-likeness (QED) is 0.0995. The summed E-state index contributed by atoms with van der Waals surface area (Å²) in [5.41, 5.74) is 15.7. The molecule has 0 spiro atoms. The number of para-hydroxylation sites is 3. The topological polar surface area (TPSA) is 6.48 Å². The molecule has 13 rings (SSSR count). The molecule has 2 aliphatic heterocycles. The van der Waals surface area contributed by atoms with Crippen LogP contribution in [0, 0.1) is 0 Å². The van der Waals surface area contributed by atoms with E-state index in [4.69, 9.17) is 0 Å². The second-order valence-electron chi connectivity index (χ2n) is 17.5. The van der Waals surface area contributed by atoms with Crippen LogP contribution in [0.2, 0.25) is 0 Å². The zero-order chi connectivity index (χ0) is 40.4. The predicted octanol–water partition coefficient (Wildman–Crippen LogP) is 16.2. The van der Waals surface area contributed by atoms with Crippen molar-refractivity contribution in [2.75, 3.05) is 16.3 Å². The lowest BCUT2D eigenvalue weighted by Gasteiger charge is -2.34. The van der Waals surface area contributed by atoms with E-state index in [2.05, 4.69) is 206 Å². The van der Waals surface area contributed by atoms with Gasteiger partial charge in [0.05, 0.1) is 17.1 Å². The molecule has 0 bridgehead atoms. The Morgan fingerprint density at radius 1 is 0.492 bits per heavy atom. The minimum Gasteiger partial charge on any atom is -0.341 e. The van der Waals surface area contributed by atoms with Crippen molar-refractivity contribution < 1.29 is 0 Å². The van der Waals surface area contributed by atoms with E-state index in [9.17, 15) is 0 Å². The van der Waals surface area contributed by atoms with Crippen LogP contribution in [0.25, 0.3) is 66.4 Å². The van der Waals surface area contributed by atoms with Gasteiger partial charge in [0, 0.05) is 38.5 Å². The van der Waals surface area contributed by atoms with Crippen molar-refractivity contribution in [1.82, 2.24) is 0 Å². The summed E-state index contributed by atoms with van der Waals surface area (Å²) in [6.45, 7) is 5.85. The molecule has 0 atom stereocenters. The van der Waals surface area contributed by atoms with Crippen molar-refractivity contribution in [3.8, 4) is 11.1 Å². The molecule has 3 aliphatic rings. The van der Waals surface area contributed by atoms with Gasteiger partial charge < -0.3 is 9.80 Å². The summed E-state index contributed by atoms with van der Waals surface area (Å²) < 4.78 is 0. The van der Waals surface area contributed by atoms with Gasteiger partial charge >= 0.3 is 0 Å². The summed E-state index contributed by atoms with van der Waals surface area (Å²) in [7, 11) is 0. The minimum atomic E-state index is -0.103. The van der Waals surface area contributed by atoms with E-state index in [0.29, 0.717) is 0 Å². The molecule has 0 fully saturated rings. The Balaban J connectivity index is 0.887. The molecule has 1 aliphatic carbocycles. The van der Waals surface area contributed by atoms with E-state index in [1.165, 1.54) is 127 Å². The Morgan fingerprint density at radius 2 is 1.10 bits per heavy atom. The first-order chi connectivity index (χ1) is 30.0. The van der Waals surface area contributed by atoms with E-state index in [0.717, 1.165) is 13.0 Å². The SMILES string of the molecule is CC1(C)c2cc(C=Cc3ccc4c5cccc6c(N7c8ccccc8Sc8ccccc87)ccc(c7cccc3c47)c65)ccc2-c2ccc(N3CCCc4ccccc43)cc21. The summed E-state index contributed by atoms with van der Waals surface area (Å²) >= 11 is 1.86. The van der Waals surface area contributed by atoms with Crippen molar-refractivity contribution in [3.05, 3.63) is 198 Å². The molecule has 0 aromatic heterocycles. The molecule has 10 aromatic rings.